The number of carboxylic acids is 1. The minimum atomic E-state index is -0.957. The summed E-state index contributed by atoms with van der Waals surface area (Å²) in [7, 11) is 1.25. The van der Waals surface area contributed by atoms with Crippen molar-refractivity contribution in [3.05, 3.63) is 41.6 Å². The predicted molar refractivity (Wildman–Crippen MR) is 85.0 cm³/mol. The minimum absolute atomic E-state index is 0.0728. The summed E-state index contributed by atoms with van der Waals surface area (Å²) >= 11 is 0. The van der Waals surface area contributed by atoms with Crippen molar-refractivity contribution in [1.29, 1.82) is 5.26 Å². The summed E-state index contributed by atoms with van der Waals surface area (Å²) in [6.45, 7) is 0.142. The Morgan fingerprint density at radius 2 is 2.04 bits per heavy atom. The number of nitriles is 1. The Hall–Kier alpha value is -3.34. The third kappa shape index (κ3) is 5.81. The molecule has 8 heteroatoms. The molecular weight excluding hydrogens is 314 g/mol. The predicted octanol–water partition coefficient (Wildman–Crippen LogP) is 1.27. The van der Waals surface area contributed by atoms with Crippen LogP contribution in [0, 0.1) is 11.3 Å². The number of hydrogen-bond donors (Lipinski definition) is 3. The second kappa shape index (κ2) is 9.63. The largest absolute Gasteiger partial charge is 0.481 e. The summed E-state index contributed by atoms with van der Waals surface area (Å²) in [5, 5.41) is 22.7. The van der Waals surface area contributed by atoms with Gasteiger partial charge in [0.15, 0.2) is 0 Å². The maximum Gasteiger partial charge on any atom is 0.339 e. The van der Waals surface area contributed by atoms with Crippen LogP contribution >= 0.6 is 0 Å². The molecule has 0 unspecified atom stereocenters. The maximum absolute atomic E-state index is 11.8. The smallest absolute Gasteiger partial charge is 0.339 e. The Morgan fingerprint density at radius 3 is 2.67 bits per heavy atom. The van der Waals surface area contributed by atoms with Crippen molar-refractivity contribution in [2.24, 2.45) is 0 Å². The number of carbonyl (C=O) groups is 3. The Kier molecular flexibility index (Phi) is 7.51. The highest BCUT2D eigenvalue weighted by atomic mass is 16.5. The van der Waals surface area contributed by atoms with Gasteiger partial charge in [0.05, 0.1) is 18.4 Å². The number of benzene rings is 1. The van der Waals surface area contributed by atoms with Crippen LogP contribution in [0.1, 0.15) is 23.2 Å². The second-order valence-electron chi connectivity index (χ2n) is 4.60. The number of carboxylic acid groups (broad SMARTS) is 1. The van der Waals surface area contributed by atoms with E-state index in [4.69, 9.17) is 10.4 Å². The molecule has 0 aliphatic rings. The third-order valence-corrected chi connectivity index (χ3v) is 2.92. The van der Waals surface area contributed by atoms with Crippen molar-refractivity contribution in [2.75, 3.05) is 19.0 Å². The molecule has 0 radical (unpaired) electrons. The average molecular weight is 331 g/mol. The lowest BCUT2D eigenvalue weighted by molar-refractivity contribution is -0.137. The highest BCUT2D eigenvalue weighted by molar-refractivity contribution is 5.98. The van der Waals surface area contributed by atoms with E-state index in [1.807, 2.05) is 0 Å². The molecule has 0 fully saturated rings. The molecule has 0 saturated heterocycles. The first-order valence-electron chi connectivity index (χ1n) is 7.03. The van der Waals surface area contributed by atoms with Gasteiger partial charge < -0.3 is 20.5 Å². The zero-order valence-corrected chi connectivity index (χ0v) is 13.0. The SMILES string of the molecule is COC(=O)c1ccccc1N/C=C(/C#N)C(=O)NCCCC(=O)O. The number of amides is 1. The van der Waals surface area contributed by atoms with E-state index < -0.39 is 17.8 Å². The summed E-state index contributed by atoms with van der Waals surface area (Å²) in [6.07, 6.45) is 1.36. The molecule has 3 N–H and O–H groups in total. The molecular formula is C16H17N3O5. The van der Waals surface area contributed by atoms with Crippen LogP contribution in [0.25, 0.3) is 0 Å². The number of para-hydroxylation sites is 1. The Labute approximate surface area is 138 Å². The van der Waals surface area contributed by atoms with Crippen molar-refractivity contribution in [3.63, 3.8) is 0 Å². The Bertz CT molecular complexity index is 691. The number of ether oxygens (including phenoxy) is 1. The molecule has 0 aromatic heterocycles. The van der Waals surface area contributed by atoms with E-state index in [0.29, 0.717) is 5.69 Å². The van der Waals surface area contributed by atoms with Crippen LogP contribution in [0.15, 0.2) is 36.0 Å². The van der Waals surface area contributed by atoms with Gasteiger partial charge in [0.2, 0.25) is 0 Å². The van der Waals surface area contributed by atoms with Gasteiger partial charge >= 0.3 is 11.9 Å². The van der Waals surface area contributed by atoms with E-state index in [9.17, 15) is 14.4 Å². The molecule has 0 bridgehead atoms. The number of esters is 1. The minimum Gasteiger partial charge on any atom is -0.481 e. The van der Waals surface area contributed by atoms with Crippen LogP contribution in [-0.2, 0) is 14.3 Å². The molecule has 24 heavy (non-hydrogen) atoms. The fourth-order valence-electron chi connectivity index (χ4n) is 1.73. The molecule has 126 valence electrons. The van der Waals surface area contributed by atoms with Gasteiger partial charge in [-0.1, -0.05) is 12.1 Å². The maximum atomic E-state index is 11.8. The molecule has 0 saturated carbocycles. The number of carbonyl (C=O) groups excluding carboxylic acids is 2. The lowest BCUT2D eigenvalue weighted by Gasteiger charge is -2.08. The van der Waals surface area contributed by atoms with Crippen LogP contribution in [0.2, 0.25) is 0 Å². The molecule has 0 spiro atoms. The van der Waals surface area contributed by atoms with Gasteiger partial charge in [0, 0.05) is 19.2 Å². The van der Waals surface area contributed by atoms with Crippen LogP contribution < -0.4 is 10.6 Å². The van der Waals surface area contributed by atoms with E-state index in [0.717, 1.165) is 0 Å². The molecule has 1 amide bonds. The topological polar surface area (TPSA) is 129 Å². The van der Waals surface area contributed by atoms with E-state index >= 15 is 0 Å². The van der Waals surface area contributed by atoms with Crippen LogP contribution in [0.3, 0.4) is 0 Å². The van der Waals surface area contributed by atoms with Crippen molar-refractivity contribution in [3.8, 4) is 6.07 Å². The molecule has 0 aliphatic carbocycles. The van der Waals surface area contributed by atoms with Crippen LogP contribution in [0.5, 0.6) is 0 Å². The number of nitrogens with zero attached hydrogens (tertiary/aromatic N) is 1. The van der Waals surface area contributed by atoms with Gasteiger partial charge in [0.25, 0.3) is 5.91 Å². The first kappa shape index (κ1) is 18.7. The zero-order valence-electron chi connectivity index (χ0n) is 13.0. The first-order chi connectivity index (χ1) is 11.5. The van der Waals surface area contributed by atoms with Crippen molar-refractivity contribution in [2.45, 2.75) is 12.8 Å². The van der Waals surface area contributed by atoms with Gasteiger partial charge in [-0.3, -0.25) is 9.59 Å². The Balaban J connectivity index is 2.73. The summed E-state index contributed by atoms with van der Waals surface area (Å²) in [4.78, 5) is 33.9. The van der Waals surface area contributed by atoms with E-state index in [1.54, 1.807) is 30.3 Å². The molecule has 8 nitrogen and oxygen atoms in total. The Morgan fingerprint density at radius 1 is 1.33 bits per heavy atom. The van der Waals surface area contributed by atoms with Crippen LogP contribution in [0.4, 0.5) is 5.69 Å². The summed E-state index contributed by atoms with van der Waals surface area (Å²) < 4.78 is 4.65. The van der Waals surface area contributed by atoms with Gasteiger partial charge in [-0.2, -0.15) is 5.26 Å². The molecule has 0 heterocycles. The number of anilines is 1. The second-order valence-corrected chi connectivity index (χ2v) is 4.60. The number of nitrogens with one attached hydrogen (secondary N) is 2. The zero-order chi connectivity index (χ0) is 17.9. The third-order valence-electron chi connectivity index (χ3n) is 2.92. The first-order valence-corrected chi connectivity index (χ1v) is 7.03. The number of rotatable bonds is 8. The fourth-order valence-corrected chi connectivity index (χ4v) is 1.73. The van der Waals surface area contributed by atoms with Gasteiger partial charge in [-0.05, 0) is 18.6 Å². The number of methoxy groups -OCH3 is 1. The lowest BCUT2D eigenvalue weighted by atomic mass is 10.2. The number of hydrogen-bond acceptors (Lipinski definition) is 6. The number of aliphatic carboxylic acids is 1. The molecule has 1 aromatic rings. The standard InChI is InChI=1S/C16H17N3O5/c1-24-16(23)12-5-2-3-6-13(12)19-10-11(9-17)15(22)18-8-4-7-14(20)21/h2-3,5-6,10,19H,4,7-8H2,1H3,(H,18,22)(H,20,21)/b11-10-. The van der Waals surface area contributed by atoms with Crippen molar-refractivity contribution in [1.82, 2.24) is 5.32 Å². The van der Waals surface area contributed by atoms with E-state index in [-0.39, 0.29) is 30.5 Å². The summed E-state index contributed by atoms with van der Waals surface area (Å²) in [5.41, 5.74) is 0.441. The molecule has 1 rings (SSSR count). The molecule has 1 aromatic carbocycles. The highest BCUT2D eigenvalue weighted by Crippen LogP contribution is 2.16. The fraction of sp³-hybridized carbons (Fsp3) is 0.250. The summed E-state index contributed by atoms with van der Waals surface area (Å²) in [6, 6.07) is 8.22. The summed E-state index contributed by atoms with van der Waals surface area (Å²) in [5.74, 6) is -2.14. The molecule has 0 aliphatic heterocycles. The van der Waals surface area contributed by atoms with Gasteiger partial charge in [-0.25, -0.2) is 4.79 Å². The van der Waals surface area contributed by atoms with Gasteiger partial charge in [-0.15, -0.1) is 0 Å². The van der Waals surface area contributed by atoms with Crippen molar-refractivity contribution >= 4 is 23.5 Å². The average Bonchev–Trinajstić information content (AvgIpc) is 2.58. The van der Waals surface area contributed by atoms with Gasteiger partial charge in [0.1, 0.15) is 11.6 Å². The van der Waals surface area contributed by atoms with E-state index in [2.05, 4.69) is 15.4 Å². The van der Waals surface area contributed by atoms with Crippen LogP contribution in [-0.4, -0.2) is 36.6 Å². The quantitative estimate of drug-likeness (QED) is 0.283. The monoisotopic (exact) mass is 331 g/mol. The lowest BCUT2D eigenvalue weighted by Crippen LogP contribution is -2.26. The highest BCUT2D eigenvalue weighted by Gasteiger charge is 2.12. The molecule has 0 atom stereocenters. The van der Waals surface area contributed by atoms with Crippen molar-refractivity contribution < 1.29 is 24.2 Å². The normalized spacial score (nSPS) is 10.4. The van der Waals surface area contributed by atoms with E-state index in [1.165, 1.54) is 13.3 Å².